The predicted molar refractivity (Wildman–Crippen MR) is 70.5 cm³/mol. The van der Waals surface area contributed by atoms with Gasteiger partial charge in [-0.3, -0.25) is 4.79 Å². The van der Waals surface area contributed by atoms with Crippen molar-refractivity contribution in [2.75, 3.05) is 6.26 Å². The Morgan fingerprint density at radius 3 is 2.21 bits per heavy atom. The van der Waals surface area contributed by atoms with Crippen LogP contribution in [0.1, 0.15) is 45.4 Å². The van der Waals surface area contributed by atoms with Gasteiger partial charge < -0.3 is 10.4 Å². The van der Waals surface area contributed by atoms with E-state index >= 15 is 0 Å². The zero-order valence-electron chi connectivity index (χ0n) is 11.3. The standard InChI is InChI=1S/C12H21NO5S/c1-3-6-9(10(14)15)13-11(16)12(19(2,17)18)7-4-5-8-12/h9H,3-8H2,1-2H3,(H,13,16)(H,14,15). The smallest absolute Gasteiger partial charge is 0.326 e. The van der Waals surface area contributed by atoms with Gasteiger partial charge in [0.05, 0.1) is 0 Å². The van der Waals surface area contributed by atoms with Crippen molar-refractivity contribution in [3.63, 3.8) is 0 Å². The van der Waals surface area contributed by atoms with E-state index in [4.69, 9.17) is 5.11 Å². The average Bonchev–Trinajstić information content (AvgIpc) is 2.77. The summed E-state index contributed by atoms with van der Waals surface area (Å²) in [7, 11) is -3.55. The van der Waals surface area contributed by atoms with Gasteiger partial charge in [0.1, 0.15) is 10.8 Å². The van der Waals surface area contributed by atoms with Crippen molar-refractivity contribution < 1.29 is 23.1 Å². The summed E-state index contributed by atoms with van der Waals surface area (Å²) < 4.78 is 22.4. The largest absolute Gasteiger partial charge is 0.480 e. The van der Waals surface area contributed by atoms with E-state index in [1.54, 1.807) is 0 Å². The molecule has 1 amide bonds. The number of rotatable bonds is 6. The van der Waals surface area contributed by atoms with Crippen molar-refractivity contribution in [2.45, 2.75) is 56.2 Å². The van der Waals surface area contributed by atoms with E-state index in [-0.39, 0.29) is 12.8 Å². The van der Waals surface area contributed by atoms with E-state index in [0.29, 0.717) is 25.7 Å². The first-order valence-corrected chi connectivity index (χ1v) is 8.37. The van der Waals surface area contributed by atoms with Gasteiger partial charge in [-0.15, -0.1) is 0 Å². The summed E-state index contributed by atoms with van der Waals surface area (Å²) >= 11 is 0. The van der Waals surface area contributed by atoms with E-state index in [9.17, 15) is 18.0 Å². The second kappa shape index (κ2) is 5.90. The third-order valence-corrected chi connectivity index (χ3v) is 5.73. The quantitative estimate of drug-likeness (QED) is 0.750. The van der Waals surface area contributed by atoms with Crippen LogP contribution < -0.4 is 5.32 Å². The molecule has 0 aromatic heterocycles. The van der Waals surface area contributed by atoms with Crippen molar-refractivity contribution in [3.05, 3.63) is 0 Å². The van der Waals surface area contributed by atoms with Crippen LogP contribution in [-0.4, -0.2) is 42.4 Å². The summed E-state index contributed by atoms with van der Waals surface area (Å²) in [5.41, 5.74) is 0. The van der Waals surface area contributed by atoms with Crippen molar-refractivity contribution in [1.82, 2.24) is 5.32 Å². The fourth-order valence-corrected chi connectivity index (χ4v) is 3.97. The molecule has 1 atom stereocenters. The Labute approximate surface area is 113 Å². The van der Waals surface area contributed by atoms with Gasteiger partial charge in [0.2, 0.25) is 5.91 Å². The first-order chi connectivity index (χ1) is 8.74. The minimum Gasteiger partial charge on any atom is -0.480 e. The van der Waals surface area contributed by atoms with E-state index in [1.807, 2.05) is 6.92 Å². The highest BCUT2D eigenvalue weighted by molar-refractivity contribution is 7.92. The number of carbonyl (C=O) groups is 2. The summed E-state index contributed by atoms with van der Waals surface area (Å²) in [6.07, 6.45) is 3.84. The highest BCUT2D eigenvalue weighted by atomic mass is 32.2. The summed E-state index contributed by atoms with van der Waals surface area (Å²) in [4.78, 5) is 23.3. The fraction of sp³-hybridized carbons (Fsp3) is 0.833. The summed E-state index contributed by atoms with van der Waals surface area (Å²) in [5, 5.41) is 11.4. The molecule has 1 saturated carbocycles. The maximum absolute atomic E-state index is 12.3. The van der Waals surface area contributed by atoms with Crippen molar-refractivity contribution in [2.24, 2.45) is 0 Å². The van der Waals surface area contributed by atoms with E-state index < -0.39 is 32.5 Å². The number of sulfone groups is 1. The van der Waals surface area contributed by atoms with Gasteiger partial charge in [-0.25, -0.2) is 13.2 Å². The molecule has 2 N–H and O–H groups in total. The molecule has 6 nitrogen and oxygen atoms in total. The van der Waals surface area contributed by atoms with Crippen LogP contribution in [0.4, 0.5) is 0 Å². The molecule has 7 heteroatoms. The van der Waals surface area contributed by atoms with Gasteiger partial charge in [0.25, 0.3) is 0 Å². The predicted octanol–water partition coefficient (Wildman–Crippen LogP) is 0.713. The van der Waals surface area contributed by atoms with Gasteiger partial charge in [0.15, 0.2) is 9.84 Å². The monoisotopic (exact) mass is 291 g/mol. The lowest BCUT2D eigenvalue weighted by molar-refractivity contribution is -0.142. The van der Waals surface area contributed by atoms with Gasteiger partial charge >= 0.3 is 5.97 Å². The molecule has 110 valence electrons. The maximum atomic E-state index is 12.3. The lowest BCUT2D eigenvalue weighted by Gasteiger charge is -2.27. The lowest BCUT2D eigenvalue weighted by atomic mass is 10.0. The van der Waals surface area contributed by atoms with Crippen LogP contribution in [0.25, 0.3) is 0 Å². The maximum Gasteiger partial charge on any atom is 0.326 e. The molecule has 1 aliphatic rings. The number of amides is 1. The van der Waals surface area contributed by atoms with Gasteiger partial charge in [0, 0.05) is 6.26 Å². The molecule has 1 rings (SSSR count). The van der Waals surface area contributed by atoms with E-state index in [2.05, 4.69) is 5.32 Å². The molecule has 0 aromatic rings. The first kappa shape index (κ1) is 15.9. The van der Waals surface area contributed by atoms with Crippen LogP contribution in [0.3, 0.4) is 0 Å². The molecule has 1 fully saturated rings. The minimum atomic E-state index is -3.55. The second-order valence-electron chi connectivity index (χ2n) is 5.13. The molecule has 0 heterocycles. The zero-order valence-corrected chi connectivity index (χ0v) is 12.1. The van der Waals surface area contributed by atoms with E-state index in [1.165, 1.54) is 0 Å². The van der Waals surface area contributed by atoms with Crippen LogP contribution in [0.15, 0.2) is 0 Å². The molecule has 1 unspecified atom stereocenters. The number of hydrogen-bond donors (Lipinski definition) is 2. The third kappa shape index (κ3) is 3.26. The zero-order chi connectivity index (χ0) is 14.7. The molecule has 0 aliphatic heterocycles. The number of nitrogens with one attached hydrogen (secondary N) is 1. The SMILES string of the molecule is CCCC(NC(=O)C1(S(C)(=O)=O)CCCC1)C(=O)O. The van der Waals surface area contributed by atoms with Gasteiger partial charge in [-0.2, -0.15) is 0 Å². The normalized spacial score (nSPS) is 19.9. The fourth-order valence-electron chi connectivity index (χ4n) is 2.55. The summed E-state index contributed by atoms with van der Waals surface area (Å²) in [6, 6.07) is -1.02. The average molecular weight is 291 g/mol. The highest BCUT2D eigenvalue weighted by Gasteiger charge is 2.50. The number of carboxylic acid groups (broad SMARTS) is 1. The topological polar surface area (TPSA) is 101 Å². The van der Waals surface area contributed by atoms with Crippen LogP contribution in [-0.2, 0) is 19.4 Å². The van der Waals surface area contributed by atoms with Crippen LogP contribution in [0.5, 0.6) is 0 Å². The molecule has 0 saturated heterocycles. The number of aliphatic carboxylic acids is 1. The highest BCUT2D eigenvalue weighted by Crippen LogP contribution is 2.36. The Balaban J connectivity index is 2.93. The summed E-state index contributed by atoms with van der Waals surface area (Å²) in [6.45, 7) is 1.81. The Hall–Kier alpha value is -1.11. The molecular weight excluding hydrogens is 270 g/mol. The lowest BCUT2D eigenvalue weighted by Crippen LogP contribution is -2.54. The Morgan fingerprint density at radius 2 is 1.84 bits per heavy atom. The molecule has 0 spiro atoms. The Bertz CT molecular complexity index is 451. The molecule has 19 heavy (non-hydrogen) atoms. The van der Waals surface area contributed by atoms with Crippen molar-refractivity contribution in [1.29, 1.82) is 0 Å². The Kier molecular flexibility index (Phi) is 4.95. The minimum absolute atomic E-state index is 0.274. The van der Waals surface area contributed by atoms with Gasteiger partial charge in [-0.1, -0.05) is 26.2 Å². The number of hydrogen-bond acceptors (Lipinski definition) is 4. The number of carboxylic acids is 1. The molecular formula is C12H21NO5S. The molecule has 0 aromatic carbocycles. The van der Waals surface area contributed by atoms with E-state index in [0.717, 1.165) is 6.26 Å². The Morgan fingerprint density at radius 1 is 1.32 bits per heavy atom. The van der Waals surface area contributed by atoms with Crippen LogP contribution >= 0.6 is 0 Å². The molecule has 0 bridgehead atoms. The molecule has 1 aliphatic carbocycles. The first-order valence-electron chi connectivity index (χ1n) is 6.48. The van der Waals surface area contributed by atoms with Crippen LogP contribution in [0, 0.1) is 0 Å². The van der Waals surface area contributed by atoms with Crippen molar-refractivity contribution >= 4 is 21.7 Å². The second-order valence-corrected chi connectivity index (χ2v) is 7.45. The number of carbonyl (C=O) groups excluding carboxylic acids is 1. The summed E-state index contributed by atoms with van der Waals surface area (Å²) in [5.74, 6) is -1.79. The van der Waals surface area contributed by atoms with Gasteiger partial charge in [-0.05, 0) is 19.3 Å². The third-order valence-electron chi connectivity index (χ3n) is 3.72. The van der Waals surface area contributed by atoms with Crippen molar-refractivity contribution in [3.8, 4) is 0 Å². The van der Waals surface area contributed by atoms with Crippen LogP contribution in [0.2, 0.25) is 0 Å². The molecule has 0 radical (unpaired) electrons.